The van der Waals surface area contributed by atoms with Gasteiger partial charge in [-0.05, 0) is 53.6 Å². The highest BCUT2D eigenvalue weighted by molar-refractivity contribution is 7.08. The number of aliphatic hydroxyl groups is 2. The Labute approximate surface area is 173 Å². The summed E-state index contributed by atoms with van der Waals surface area (Å²) < 4.78 is 0. The van der Waals surface area contributed by atoms with Gasteiger partial charge in [-0.15, -0.1) is 0 Å². The van der Waals surface area contributed by atoms with Crippen LogP contribution in [0.5, 0.6) is 0 Å². The lowest BCUT2D eigenvalue weighted by Gasteiger charge is -2.38. The van der Waals surface area contributed by atoms with Crippen molar-refractivity contribution >= 4 is 11.3 Å². The van der Waals surface area contributed by atoms with E-state index in [4.69, 9.17) is 0 Å². The number of thiophene rings is 1. The summed E-state index contributed by atoms with van der Waals surface area (Å²) in [5.74, 6) is 0.355. The topological polar surface area (TPSA) is 57.1 Å². The van der Waals surface area contributed by atoms with E-state index < -0.39 is 11.7 Å². The number of aliphatic hydroxyl groups excluding tert-OH is 1. The van der Waals surface area contributed by atoms with Crippen LogP contribution in [0.3, 0.4) is 0 Å². The normalized spacial score (nSPS) is 19.7. The predicted molar refractivity (Wildman–Crippen MR) is 107 cm³/mol. The zero-order chi connectivity index (χ0) is 18.4. The third kappa shape index (κ3) is 5.55. The number of hydrogen-bond acceptors (Lipinski definition) is 3. The van der Waals surface area contributed by atoms with E-state index >= 15 is 0 Å². The zero-order valence-corrected chi connectivity index (χ0v) is 17.6. The van der Waals surface area contributed by atoms with Gasteiger partial charge in [-0.1, -0.05) is 49.6 Å². The van der Waals surface area contributed by atoms with Crippen molar-refractivity contribution in [2.24, 2.45) is 5.92 Å². The van der Waals surface area contributed by atoms with E-state index in [0.29, 0.717) is 5.92 Å². The molecule has 4 N–H and O–H groups in total. The zero-order valence-electron chi connectivity index (χ0n) is 16.1. The molecule has 1 aliphatic carbocycles. The molecule has 0 radical (unpaired) electrons. The van der Waals surface area contributed by atoms with Crippen molar-refractivity contribution in [2.75, 3.05) is 6.54 Å². The molecule has 1 fully saturated rings. The fourth-order valence-electron chi connectivity index (χ4n) is 4.32. The Morgan fingerprint density at radius 1 is 1.15 bits per heavy atom. The van der Waals surface area contributed by atoms with Crippen LogP contribution in [0.4, 0.5) is 0 Å². The van der Waals surface area contributed by atoms with E-state index in [1.165, 1.54) is 19.3 Å². The number of benzene rings is 1. The van der Waals surface area contributed by atoms with Gasteiger partial charge in [0.15, 0.2) is 0 Å². The van der Waals surface area contributed by atoms with Gasteiger partial charge in [0.25, 0.3) is 0 Å². The largest absolute Gasteiger partial charge is 1.00 e. The maximum absolute atomic E-state index is 11.6. The standard InChI is InChI=1S/C22H31NO2S.ClH/c1-17(21(24)18-8-4-2-5-9-18)23-14-13-22(25,20-12-15-26-16-20)19-10-6-3-7-11-19;/h2,4-5,8-9,12,15-17,19,21,23-25H,3,6-7,10-11,13-14H2,1H3;1H. The molecule has 0 saturated heterocycles. The summed E-state index contributed by atoms with van der Waals surface area (Å²) in [6.45, 7) is 2.87. The average molecular weight is 410 g/mol. The smallest absolute Gasteiger partial charge is 0.130 e. The van der Waals surface area contributed by atoms with Crippen molar-refractivity contribution in [3.05, 3.63) is 58.3 Å². The molecule has 0 amide bonds. The first kappa shape index (κ1) is 22.4. The highest BCUT2D eigenvalue weighted by atomic mass is 35.5. The average Bonchev–Trinajstić information content (AvgIpc) is 3.24. The molecule has 5 heteroatoms. The van der Waals surface area contributed by atoms with Crippen LogP contribution < -0.4 is 17.7 Å². The van der Waals surface area contributed by atoms with Gasteiger partial charge < -0.3 is 27.9 Å². The fourth-order valence-corrected chi connectivity index (χ4v) is 5.06. The van der Waals surface area contributed by atoms with Gasteiger partial charge in [-0.25, -0.2) is 0 Å². The maximum atomic E-state index is 11.6. The van der Waals surface area contributed by atoms with Crippen LogP contribution in [0.2, 0.25) is 0 Å². The second-order valence-corrected chi connectivity index (χ2v) is 8.54. The van der Waals surface area contributed by atoms with Crippen LogP contribution in [0.15, 0.2) is 47.2 Å². The minimum Gasteiger partial charge on any atom is -1.00 e. The number of nitrogens with two attached hydrogens (primary N) is 1. The summed E-state index contributed by atoms with van der Waals surface area (Å²) in [5, 5.41) is 28.5. The lowest BCUT2D eigenvalue weighted by molar-refractivity contribution is -0.696. The van der Waals surface area contributed by atoms with Crippen molar-refractivity contribution < 1.29 is 27.9 Å². The van der Waals surface area contributed by atoms with Gasteiger partial charge >= 0.3 is 0 Å². The van der Waals surface area contributed by atoms with E-state index in [0.717, 1.165) is 36.9 Å². The van der Waals surface area contributed by atoms with E-state index in [9.17, 15) is 10.2 Å². The van der Waals surface area contributed by atoms with Crippen molar-refractivity contribution in [3.8, 4) is 0 Å². The first-order valence-electron chi connectivity index (χ1n) is 9.92. The van der Waals surface area contributed by atoms with E-state index in [-0.39, 0.29) is 18.4 Å². The van der Waals surface area contributed by atoms with Crippen LogP contribution in [0, 0.1) is 5.92 Å². The first-order chi connectivity index (χ1) is 12.6. The molecular weight excluding hydrogens is 378 g/mol. The van der Waals surface area contributed by atoms with Crippen molar-refractivity contribution in [2.45, 2.75) is 63.2 Å². The van der Waals surface area contributed by atoms with Gasteiger partial charge in [-0.3, -0.25) is 0 Å². The lowest BCUT2D eigenvalue weighted by atomic mass is 9.72. The van der Waals surface area contributed by atoms with E-state index in [2.05, 4.69) is 29.1 Å². The molecule has 3 atom stereocenters. The number of hydrogen-bond donors (Lipinski definition) is 3. The summed E-state index contributed by atoms with van der Waals surface area (Å²) in [6.07, 6.45) is 6.24. The predicted octanol–water partition coefficient (Wildman–Crippen LogP) is 0.596. The molecule has 1 saturated carbocycles. The van der Waals surface area contributed by atoms with Gasteiger partial charge in [-0.2, -0.15) is 11.3 Å². The van der Waals surface area contributed by atoms with Crippen molar-refractivity contribution in [1.29, 1.82) is 0 Å². The van der Waals surface area contributed by atoms with Crippen LogP contribution in [0.25, 0.3) is 0 Å². The molecule has 1 aliphatic rings. The highest BCUT2D eigenvalue weighted by Gasteiger charge is 2.39. The summed E-state index contributed by atoms with van der Waals surface area (Å²) >= 11 is 1.66. The Hall–Kier alpha value is -0.910. The summed E-state index contributed by atoms with van der Waals surface area (Å²) in [6, 6.07) is 12.0. The van der Waals surface area contributed by atoms with Gasteiger partial charge in [0.1, 0.15) is 12.1 Å². The molecule has 150 valence electrons. The maximum Gasteiger partial charge on any atom is 0.130 e. The fraction of sp³-hybridized carbons (Fsp3) is 0.545. The van der Waals surface area contributed by atoms with Crippen LogP contribution >= 0.6 is 11.3 Å². The minimum atomic E-state index is -0.728. The number of quaternary nitrogens is 1. The Kier molecular flexibility index (Phi) is 8.77. The van der Waals surface area contributed by atoms with Crippen LogP contribution in [-0.2, 0) is 5.60 Å². The van der Waals surface area contributed by atoms with Crippen LogP contribution in [0.1, 0.15) is 62.7 Å². The quantitative estimate of drug-likeness (QED) is 0.598. The Balaban J connectivity index is 0.00000261. The Morgan fingerprint density at radius 3 is 2.48 bits per heavy atom. The minimum absolute atomic E-state index is 0. The molecule has 1 heterocycles. The molecule has 3 unspecified atom stereocenters. The highest BCUT2D eigenvalue weighted by Crippen LogP contribution is 2.42. The summed E-state index contributed by atoms with van der Waals surface area (Å²) in [5.41, 5.74) is 1.31. The van der Waals surface area contributed by atoms with Crippen molar-refractivity contribution in [1.82, 2.24) is 0 Å². The molecule has 2 aromatic rings. The molecule has 3 rings (SSSR count). The third-order valence-corrected chi connectivity index (χ3v) is 6.69. The van der Waals surface area contributed by atoms with Crippen molar-refractivity contribution in [3.63, 3.8) is 0 Å². The molecule has 27 heavy (non-hydrogen) atoms. The molecule has 1 aromatic carbocycles. The second kappa shape index (κ2) is 10.6. The molecule has 0 spiro atoms. The SMILES string of the molecule is CC([NH2+]CCC(O)(c1ccsc1)C1CCCCC1)C(O)c1ccccc1.[Cl-]. The lowest BCUT2D eigenvalue weighted by Crippen LogP contribution is -3.00. The van der Waals surface area contributed by atoms with Gasteiger partial charge in [0, 0.05) is 6.42 Å². The first-order valence-corrected chi connectivity index (χ1v) is 10.9. The van der Waals surface area contributed by atoms with E-state index in [1.54, 1.807) is 11.3 Å². The number of rotatable bonds is 8. The van der Waals surface area contributed by atoms with Crippen LogP contribution in [-0.4, -0.2) is 22.8 Å². The molecule has 3 nitrogen and oxygen atoms in total. The summed E-state index contributed by atoms with van der Waals surface area (Å²) in [4.78, 5) is 0. The third-order valence-electron chi connectivity index (χ3n) is 6.00. The Bertz CT molecular complexity index is 646. The Morgan fingerprint density at radius 2 is 1.85 bits per heavy atom. The molecular formula is C22H32ClNO2S. The second-order valence-electron chi connectivity index (χ2n) is 7.76. The van der Waals surface area contributed by atoms with Gasteiger partial charge in [0.2, 0.25) is 0 Å². The van der Waals surface area contributed by atoms with E-state index in [1.807, 2.05) is 30.3 Å². The van der Waals surface area contributed by atoms with Gasteiger partial charge in [0.05, 0.1) is 12.1 Å². The monoisotopic (exact) mass is 409 g/mol. The number of halogens is 1. The molecule has 1 aromatic heterocycles. The summed E-state index contributed by atoms with van der Waals surface area (Å²) in [7, 11) is 0. The molecule has 0 aliphatic heterocycles. The molecule has 0 bridgehead atoms.